The van der Waals surface area contributed by atoms with Gasteiger partial charge in [-0.2, -0.15) is 0 Å². The van der Waals surface area contributed by atoms with Gasteiger partial charge in [-0.3, -0.25) is 4.79 Å². The molecule has 0 saturated heterocycles. The minimum absolute atomic E-state index is 0.202. The number of carbonyl (C=O) groups excluding carboxylic acids is 1. The topological polar surface area (TPSA) is 68.0 Å². The Balaban J connectivity index is 1.87. The van der Waals surface area contributed by atoms with Crippen LogP contribution in [0.3, 0.4) is 0 Å². The normalized spacial score (nSPS) is 10.7. The van der Waals surface area contributed by atoms with Crippen LogP contribution in [0.5, 0.6) is 0 Å². The quantitative estimate of drug-likeness (QED) is 0.708. The molecule has 0 aliphatic heterocycles. The van der Waals surface area contributed by atoms with E-state index >= 15 is 0 Å². The number of aromatic nitrogens is 1. The van der Waals surface area contributed by atoms with Crippen molar-refractivity contribution in [1.82, 2.24) is 4.98 Å². The maximum absolute atomic E-state index is 12.2. The first kappa shape index (κ1) is 12.6. The molecule has 0 aliphatic rings. The molecule has 0 spiro atoms. The van der Waals surface area contributed by atoms with Gasteiger partial charge in [0.1, 0.15) is 0 Å². The van der Waals surface area contributed by atoms with E-state index in [4.69, 9.17) is 5.73 Å². The molecule has 0 aliphatic carbocycles. The van der Waals surface area contributed by atoms with Gasteiger partial charge in [-0.25, -0.2) is 4.98 Å². The summed E-state index contributed by atoms with van der Waals surface area (Å²) in [4.78, 5) is 16.4. The lowest BCUT2D eigenvalue weighted by Crippen LogP contribution is -2.14. The second-order valence-corrected chi connectivity index (χ2v) is 5.47. The highest BCUT2D eigenvalue weighted by Crippen LogP contribution is 2.23. The SMILES string of the molecule is Cc1ccc(C(=O)Nc2ccc3ncsc3c2)c(N)c1. The molecular formula is C15H13N3OS. The van der Waals surface area contributed by atoms with Crippen molar-refractivity contribution in [1.29, 1.82) is 0 Å². The minimum atomic E-state index is -0.202. The van der Waals surface area contributed by atoms with Crippen LogP contribution in [0.2, 0.25) is 0 Å². The average Bonchev–Trinajstić information content (AvgIpc) is 2.85. The van der Waals surface area contributed by atoms with E-state index in [0.29, 0.717) is 11.3 Å². The van der Waals surface area contributed by atoms with Crippen molar-refractivity contribution in [2.75, 3.05) is 11.1 Å². The molecule has 3 N–H and O–H groups in total. The van der Waals surface area contributed by atoms with E-state index in [9.17, 15) is 4.79 Å². The van der Waals surface area contributed by atoms with Crippen LogP contribution in [0.4, 0.5) is 11.4 Å². The number of hydrogen-bond acceptors (Lipinski definition) is 4. The van der Waals surface area contributed by atoms with Crippen LogP contribution in [0.25, 0.3) is 10.2 Å². The van der Waals surface area contributed by atoms with Crippen LogP contribution in [-0.2, 0) is 0 Å². The summed E-state index contributed by atoms with van der Waals surface area (Å²) in [5, 5.41) is 2.86. The summed E-state index contributed by atoms with van der Waals surface area (Å²) >= 11 is 1.54. The molecule has 2 aromatic carbocycles. The Morgan fingerprint density at radius 2 is 2.10 bits per heavy atom. The number of carbonyl (C=O) groups is 1. The highest BCUT2D eigenvalue weighted by molar-refractivity contribution is 7.16. The average molecular weight is 283 g/mol. The van der Waals surface area contributed by atoms with Crippen LogP contribution < -0.4 is 11.1 Å². The van der Waals surface area contributed by atoms with Gasteiger partial charge in [0.25, 0.3) is 5.91 Å². The van der Waals surface area contributed by atoms with E-state index in [1.165, 1.54) is 0 Å². The van der Waals surface area contributed by atoms with Gasteiger partial charge in [-0.05, 0) is 42.8 Å². The maximum Gasteiger partial charge on any atom is 0.257 e. The number of aryl methyl sites for hydroxylation is 1. The maximum atomic E-state index is 12.2. The number of nitrogens with zero attached hydrogens (tertiary/aromatic N) is 1. The van der Waals surface area contributed by atoms with E-state index in [1.807, 2.05) is 31.2 Å². The molecule has 5 heteroatoms. The molecule has 0 saturated carbocycles. The third-order valence-electron chi connectivity index (χ3n) is 3.04. The van der Waals surface area contributed by atoms with Crippen LogP contribution in [0, 0.1) is 6.92 Å². The Labute approximate surface area is 120 Å². The molecule has 1 heterocycles. The lowest BCUT2D eigenvalue weighted by atomic mass is 10.1. The predicted octanol–water partition coefficient (Wildman–Crippen LogP) is 3.44. The number of rotatable bonds is 2. The fourth-order valence-electron chi connectivity index (χ4n) is 2.02. The molecule has 0 bridgehead atoms. The Bertz CT molecular complexity index is 795. The molecule has 0 radical (unpaired) electrons. The number of nitrogens with two attached hydrogens (primary N) is 1. The van der Waals surface area contributed by atoms with Gasteiger partial charge in [0.2, 0.25) is 0 Å². The number of benzene rings is 2. The zero-order chi connectivity index (χ0) is 14.1. The van der Waals surface area contributed by atoms with Gasteiger partial charge in [-0.1, -0.05) is 6.07 Å². The van der Waals surface area contributed by atoms with Gasteiger partial charge in [0, 0.05) is 11.4 Å². The zero-order valence-electron chi connectivity index (χ0n) is 10.9. The Kier molecular flexibility index (Phi) is 3.12. The van der Waals surface area contributed by atoms with Gasteiger partial charge >= 0.3 is 0 Å². The van der Waals surface area contributed by atoms with Gasteiger partial charge in [-0.15, -0.1) is 11.3 Å². The monoisotopic (exact) mass is 283 g/mol. The molecule has 1 amide bonds. The summed E-state index contributed by atoms with van der Waals surface area (Å²) < 4.78 is 1.04. The Morgan fingerprint density at radius 1 is 1.25 bits per heavy atom. The van der Waals surface area contributed by atoms with Crippen LogP contribution in [-0.4, -0.2) is 10.9 Å². The second kappa shape index (κ2) is 4.94. The van der Waals surface area contributed by atoms with Gasteiger partial charge in [0.15, 0.2) is 0 Å². The lowest BCUT2D eigenvalue weighted by Gasteiger charge is -2.08. The van der Waals surface area contributed by atoms with E-state index in [0.717, 1.165) is 21.5 Å². The second-order valence-electron chi connectivity index (χ2n) is 4.58. The van der Waals surface area contributed by atoms with E-state index < -0.39 is 0 Å². The highest BCUT2D eigenvalue weighted by Gasteiger charge is 2.10. The summed E-state index contributed by atoms with van der Waals surface area (Å²) in [5.41, 5.74) is 11.3. The Hall–Kier alpha value is -2.40. The van der Waals surface area contributed by atoms with Crippen LogP contribution in [0.1, 0.15) is 15.9 Å². The summed E-state index contributed by atoms with van der Waals surface area (Å²) in [5.74, 6) is -0.202. The number of nitrogen functional groups attached to an aromatic ring is 1. The van der Waals surface area contributed by atoms with E-state index in [1.54, 1.807) is 29.0 Å². The highest BCUT2D eigenvalue weighted by atomic mass is 32.1. The molecule has 0 unspecified atom stereocenters. The van der Waals surface area contributed by atoms with Gasteiger partial charge < -0.3 is 11.1 Å². The number of nitrogens with one attached hydrogen (secondary N) is 1. The molecule has 3 rings (SSSR count). The molecule has 0 fully saturated rings. The minimum Gasteiger partial charge on any atom is -0.398 e. The fraction of sp³-hybridized carbons (Fsp3) is 0.0667. The molecule has 4 nitrogen and oxygen atoms in total. The first-order chi connectivity index (χ1) is 9.63. The third-order valence-corrected chi connectivity index (χ3v) is 3.83. The number of thiazole rings is 1. The largest absolute Gasteiger partial charge is 0.398 e. The molecular weight excluding hydrogens is 270 g/mol. The number of anilines is 2. The molecule has 20 heavy (non-hydrogen) atoms. The van der Waals surface area contributed by atoms with Crippen molar-refractivity contribution < 1.29 is 4.79 Å². The predicted molar refractivity (Wildman–Crippen MR) is 83.2 cm³/mol. The van der Waals surface area contributed by atoms with Crippen molar-refractivity contribution in [2.45, 2.75) is 6.92 Å². The van der Waals surface area contributed by atoms with Crippen LogP contribution >= 0.6 is 11.3 Å². The van der Waals surface area contributed by atoms with Crippen LogP contribution in [0.15, 0.2) is 41.9 Å². The fourth-order valence-corrected chi connectivity index (χ4v) is 2.74. The summed E-state index contributed by atoms with van der Waals surface area (Å²) in [6.45, 7) is 1.94. The lowest BCUT2D eigenvalue weighted by molar-refractivity contribution is 0.102. The van der Waals surface area contributed by atoms with Crippen molar-refractivity contribution in [3.63, 3.8) is 0 Å². The summed E-state index contributed by atoms with van der Waals surface area (Å²) in [7, 11) is 0. The first-order valence-corrected chi connectivity index (χ1v) is 7.02. The smallest absolute Gasteiger partial charge is 0.257 e. The molecule has 100 valence electrons. The van der Waals surface area contributed by atoms with E-state index in [2.05, 4.69) is 10.3 Å². The standard InChI is InChI=1S/C15H13N3OS/c1-9-2-4-11(12(16)6-9)15(19)18-10-3-5-13-14(7-10)20-8-17-13/h2-8H,16H2,1H3,(H,18,19). The van der Waals surface area contributed by atoms with Crippen molar-refractivity contribution in [3.8, 4) is 0 Å². The number of hydrogen-bond donors (Lipinski definition) is 2. The summed E-state index contributed by atoms with van der Waals surface area (Å²) in [6.07, 6.45) is 0. The first-order valence-electron chi connectivity index (χ1n) is 6.14. The Morgan fingerprint density at radius 3 is 2.90 bits per heavy atom. The molecule has 0 atom stereocenters. The van der Waals surface area contributed by atoms with Crippen molar-refractivity contribution in [2.24, 2.45) is 0 Å². The third kappa shape index (κ3) is 2.35. The molecule has 3 aromatic rings. The zero-order valence-corrected chi connectivity index (χ0v) is 11.7. The molecule has 1 aromatic heterocycles. The van der Waals surface area contributed by atoms with Crippen molar-refractivity contribution >= 4 is 38.8 Å². The van der Waals surface area contributed by atoms with Crippen molar-refractivity contribution in [3.05, 3.63) is 53.0 Å². The summed E-state index contributed by atoms with van der Waals surface area (Å²) in [6, 6.07) is 11.0. The number of fused-ring (bicyclic) bond motifs is 1. The van der Waals surface area contributed by atoms with Gasteiger partial charge in [0.05, 0.1) is 21.3 Å². The van der Waals surface area contributed by atoms with E-state index in [-0.39, 0.29) is 5.91 Å². The number of amides is 1.